The molecule has 1 amide bonds. The van der Waals surface area contributed by atoms with Crippen LogP contribution in [0.4, 0.5) is 0 Å². The second-order valence-electron chi connectivity index (χ2n) is 4.63. The van der Waals surface area contributed by atoms with Crippen LogP contribution in [0.25, 0.3) is 0 Å². The molecule has 3 nitrogen and oxygen atoms in total. The lowest BCUT2D eigenvalue weighted by Gasteiger charge is -2.23. The summed E-state index contributed by atoms with van der Waals surface area (Å²) in [7, 11) is 1.70. The summed E-state index contributed by atoms with van der Waals surface area (Å²) < 4.78 is 0. The van der Waals surface area contributed by atoms with Crippen LogP contribution >= 0.6 is 0 Å². The van der Waals surface area contributed by atoms with Crippen molar-refractivity contribution < 1.29 is 4.79 Å². The maximum Gasteiger partial charge on any atom is 0.233 e. The average Bonchev–Trinajstić information content (AvgIpc) is 2.78. The van der Waals surface area contributed by atoms with Gasteiger partial charge in [0.2, 0.25) is 5.91 Å². The van der Waals surface area contributed by atoms with E-state index in [1.54, 1.807) is 7.05 Å². The van der Waals surface area contributed by atoms with Crippen molar-refractivity contribution in [2.45, 2.75) is 25.3 Å². The standard InChI is InChI=1S/C14H20N2O/c1-15-14(17)11-16-9-5-8-13(16)10-12-6-3-2-4-7-12/h2-4,6-7,13H,5,8-11H2,1H3,(H,15,17)/t13-/m1/s1. The molecule has 1 N–H and O–H groups in total. The number of amides is 1. The largest absolute Gasteiger partial charge is 0.358 e. The van der Waals surface area contributed by atoms with Crippen LogP contribution in [-0.2, 0) is 11.2 Å². The number of benzene rings is 1. The molecule has 0 saturated carbocycles. The highest BCUT2D eigenvalue weighted by atomic mass is 16.1. The Bertz CT molecular complexity index is 364. The Kier molecular flexibility index (Phi) is 4.15. The van der Waals surface area contributed by atoms with E-state index in [0.717, 1.165) is 13.0 Å². The topological polar surface area (TPSA) is 32.3 Å². The van der Waals surface area contributed by atoms with Crippen molar-refractivity contribution in [1.29, 1.82) is 0 Å². The van der Waals surface area contributed by atoms with E-state index in [1.807, 2.05) is 6.07 Å². The first-order valence-corrected chi connectivity index (χ1v) is 6.28. The highest BCUT2D eigenvalue weighted by Crippen LogP contribution is 2.20. The fourth-order valence-electron chi connectivity index (χ4n) is 2.48. The Morgan fingerprint density at radius 1 is 1.41 bits per heavy atom. The normalized spacial score (nSPS) is 20.4. The van der Waals surface area contributed by atoms with Gasteiger partial charge in [-0.15, -0.1) is 0 Å². The van der Waals surface area contributed by atoms with Gasteiger partial charge in [0.15, 0.2) is 0 Å². The smallest absolute Gasteiger partial charge is 0.233 e. The first-order chi connectivity index (χ1) is 8.29. The fraction of sp³-hybridized carbons (Fsp3) is 0.500. The number of carbonyl (C=O) groups excluding carboxylic acids is 1. The van der Waals surface area contributed by atoms with Crippen molar-refractivity contribution in [2.75, 3.05) is 20.1 Å². The van der Waals surface area contributed by atoms with Crippen molar-refractivity contribution in [1.82, 2.24) is 10.2 Å². The lowest BCUT2D eigenvalue weighted by molar-refractivity contribution is -0.121. The number of likely N-dealkylation sites (N-methyl/N-ethyl adjacent to an activating group) is 1. The van der Waals surface area contributed by atoms with E-state index in [1.165, 1.54) is 18.4 Å². The third-order valence-corrected chi connectivity index (χ3v) is 3.44. The second-order valence-corrected chi connectivity index (χ2v) is 4.63. The molecular formula is C14H20N2O. The van der Waals surface area contributed by atoms with E-state index in [-0.39, 0.29) is 5.91 Å². The van der Waals surface area contributed by atoms with Gasteiger partial charge >= 0.3 is 0 Å². The molecule has 1 saturated heterocycles. The summed E-state index contributed by atoms with van der Waals surface area (Å²) in [5.74, 6) is 0.116. The van der Waals surface area contributed by atoms with Crippen molar-refractivity contribution in [3.63, 3.8) is 0 Å². The Labute approximate surface area is 103 Å². The minimum atomic E-state index is 0.116. The highest BCUT2D eigenvalue weighted by molar-refractivity contribution is 5.77. The maximum atomic E-state index is 11.4. The van der Waals surface area contributed by atoms with E-state index in [2.05, 4.69) is 34.5 Å². The third-order valence-electron chi connectivity index (χ3n) is 3.44. The van der Waals surface area contributed by atoms with Gasteiger partial charge in [-0.1, -0.05) is 30.3 Å². The number of hydrogen-bond acceptors (Lipinski definition) is 2. The maximum absolute atomic E-state index is 11.4. The summed E-state index contributed by atoms with van der Waals surface area (Å²) in [6.45, 7) is 1.58. The number of hydrogen-bond donors (Lipinski definition) is 1. The molecule has 1 aromatic carbocycles. The molecule has 2 rings (SSSR count). The van der Waals surface area contributed by atoms with Gasteiger partial charge in [0.05, 0.1) is 6.54 Å². The van der Waals surface area contributed by atoms with Crippen LogP contribution in [0, 0.1) is 0 Å². The number of nitrogens with one attached hydrogen (secondary N) is 1. The molecule has 1 fully saturated rings. The molecule has 3 heteroatoms. The van der Waals surface area contributed by atoms with Crippen molar-refractivity contribution in [3.8, 4) is 0 Å². The molecule has 1 atom stereocenters. The van der Waals surface area contributed by atoms with Crippen LogP contribution in [0.5, 0.6) is 0 Å². The van der Waals surface area contributed by atoms with Crippen LogP contribution in [0.1, 0.15) is 18.4 Å². The van der Waals surface area contributed by atoms with E-state index >= 15 is 0 Å². The summed E-state index contributed by atoms with van der Waals surface area (Å²) in [5.41, 5.74) is 1.36. The summed E-state index contributed by atoms with van der Waals surface area (Å²) in [4.78, 5) is 13.7. The molecule has 92 valence electrons. The molecule has 0 unspecified atom stereocenters. The number of likely N-dealkylation sites (tertiary alicyclic amines) is 1. The monoisotopic (exact) mass is 232 g/mol. The Balaban J connectivity index is 1.93. The predicted octanol–water partition coefficient (Wildman–Crippen LogP) is 1.44. The molecule has 0 aliphatic carbocycles. The molecule has 0 radical (unpaired) electrons. The van der Waals surface area contributed by atoms with Crippen molar-refractivity contribution >= 4 is 5.91 Å². The SMILES string of the molecule is CNC(=O)CN1CCC[C@@H]1Cc1ccccc1. The fourth-order valence-corrected chi connectivity index (χ4v) is 2.48. The summed E-state index contributed by atoms with van der Waals surface area (Å²) >= 11 is 0. The molecule has 1 aliphatic rings. The van der Waals surface area contributed by atoms with Gasteiger partial charge in [0, 0.05) is 13.1 Å². The van der Waals surface area contributed by atoms with Crippen molar-refractivity contribution in [2.24, 2.45) is 0 Å². The Morgan fingerprint density at radius 3 is 2.88 bits per heavy atom. The summed E-state index contributed by atoms with van der Waals surface area (Å²) in [6.07, 6.45) is 3.46. The van der Waals surface area contributed by atoms with Gasteiger partial charge < -0.3 is 5.32 Å². The highest BCUT2D eigenvalue weighted by Gasteiger charge is 2.25. The van der Waals surface area contributed by atoms with Gasteiger partial charge in [-0.25, -0.2) is 0 Å². The van der Waals surface area contributed by atoms with Crippen LogP contribution < -0.4 is 5.32 Å². The second kappa shape index (κ2) is 5.82. The number of nitrogens with zero attached hydrogens (tertiary/aromatic N) is 1. The van der Waals surface area contributed by atoms with Crippen LogP contribution in [0.15, 0.2) is 30.3 Å². The van der Waals surface area contributed by atoms with Crippen LogP contribution in [-0.4, -0.2) is 37.0 Å². The molecule has 17 heavy (non-hydrogen) atoms. The molecule has 0 aromatic heterocycles. The molecule has 1 aromatic rings. The van der Waals surface area contributed by atoms with E-state index in [4.69, 9.17) is 0 Å². The first kappa shape index (κ1) is 12.1. The Morgan fingerprint density at radius 2 is 2.18 bits per heavy atom. The number of rotatable bonds is 4. The zero-order valence-electron chi connectivity index (χ0n) is 10.4. The summed E-state index contributed by atoms with van der Waals surface area (Å²) in [6, 6.07) is 11.0. The van der Waals surface area contributed by atoms with E-state index < -0.39 is 0 Å². The minimum Gasteiger partial charge on any atom is -0.358 e. The zero-order valence-corrected chi connectivity index (χ0v) is 10.4. The Hall–Kier alpha value is -1.35. The number of carbonyl (C=O) groups is 1. The van der Waals surface area contributed by atoms with Crippen LogP contribution in [0.3, 0.4) is 0 Å². The van der Waals surface area contributed by atoms with Gasteiger partial charge in [-0.2, -0.15) is 0 Å². The van der Waals surface area contributed by atoms with Crippen molar-refractivity contribution in [3.05, 3.63) is 35.9 Å². The zero-order chi connectivity index (χ0) is 12.1. The van der Waals surface area contributed by atoms with E-state index in [0.29, 0.717) is 12.6 Å². The first-order valence-electron chi connectivity index (χ1n) is 6.28. The van der Waals surface area contributed by atoms with Crippen LogP contribution in [0.2, 0.25) is 0 Å². The molecule has 1 aliphatic heterocycles. The lowest BCUT2D eigenvalue weighted by atomic mass is 10.0. The summed E-state index contributed by atoms with van der Waals surface area (Å²) in [5, 5.41) is 2.70. The predicted molar refractivity (Wildman–Crippen MR) is 68.8 cm³/mol. The van der Waals surface area contributed by atoms with Gasteiger partial charge in [-0.3, -0.25) is 9.69 Å². The third kappa shape index (κ3) is 3.30. The van der Waals surface area contributed by atoms with Gasteiger partial charge in [-0.05, 0) is 31.4 Å². The van der Waals surface area contributed by atoms with Gasteiger partial charge in [0.25, 0.3) is 0 Å². The molecular weight excluding hydrogens is 212 g/mol. The quantitative estimate of drug-likeness (QED) is 0.852. The molecule has 0 spiro atoms. The average molecular weight is 232 g/mol. The van der Waals surface area contributed by atoms with E-state index in [9.17, 15) is 4.79 Å². The molecule has 1 heterocycles. The van der Waals surface area contributed by atoms with Gasteiger partial charge in [0.1, 0.15) is 0 Å². The molecule has 0 bridgehead atoms. The minimum absolute atomic E-state index is 0.116. The lowest BCUT2D eigenvalue weighted by Crippen LogP contribution is -2.39.